The van der Waals surface area contributed by atoms with E-state index in [-0.39, 0.29) is 24.2 Å². The van der Waals surface area contributed by atoms with Crippen molar-refractivity contribution >= 4 is 11.7 Å². The van der Waals surface area contributed by atoms with Crippen LogP contribution in [-0.2, 0) is 14.3 Å². The third kappa shape index (κ3) is 2.20. The molecule has 2 rings (SSSR count). The first-order valence-corrected chi connectivity index (χ1v) is 5.57. The number of hydrogen-bond donors (Lipinski definition) is 0. The second-order valence-corrected chi connectivity index (χ2v) is 4.42. The van der Waals surface area contributed by atoms with Gasteiger partial charge in [0.2, 0.25) is 5.91 Å². The second-order valence-electron chi connectivity index (χ2n) is 4.42. The second kappa shape index (κ2) is 4.31. The third-order valence-corrected chi connectivity index (χ3v) is 3.44. The van der Waals surface area contributed by atoms with E-state index in [0.717, 1.165) is 19.6 Å². The van der Waals surface area contributed by atoms with E-state index in [9.17, 15) is 9.59 Å². The van der Waals surface area contributed by atoms with Crippen LogP contribution in [0.1, 0.15) is 26.2 Å². The Morgan fingerprint density at radius 2 is 2.27 bits per heavy atom. The van der Waals surface area contributed by atoms with Gasteiger partial charge in [-0.25, -0.2) is 0 Å². The fraction of sp³-hybridized carbons (Fsp3) is 0.818. The van der Waals surface area contributed by atoms with Crippen LogP contribution in [0.2, 0.25) is 0 Å². The smallest absolute Gasteiger partial charge is 0.230 e. The summed E-state index contributed by atoms with van der Waals surface area (Å²) in [6.07, 6.45) is 1.64. The number of hydrogen-bond acceptors (Lipinski definition) is 3. The molecule has 2 aliphatic heterocycles. The molecule has 0 bridgehead atoms. The Labute approximate surface area is 89.6 Å². The van der Waals surface area contributed by atoms with Gasteiger partial charge in [-0.1, -0.05) is 0 Å². The molecule has 4 nitrogen and oxygen atoms in total. The fourth-order valence-corrected chi connectivity index (χ4v) is 2.35. The van der Waals surface area contributed by atoms with Crippen molar-refractivity contribution in [3.8, 4) is 0 Å². The lowest BCUT2D eigenvalue weighted by atomic mass is 9.96. The van der Waals surface area contributed by atoms with E-state index >= 15 is 0 Å². The average Bonchev–Trinajstić information content (AvgIpc) is 2.69. The molecule has 0 aromatic heterocycles. The maximum absolute atomic E-state index is 11.7. The number of ketones is 1. The standard InChI is InChI=1S/C11H17NO3/c1-8(9-3-5-15-7-9)12-4-2-10(13)6-11(12)14/h8-9H,2-7H2,1H3. The normalized spacial score (nSPS) is 29.7. The minimum Gasteiger partial charge on any atom is -0.381 e. The van der Waals surface area contributed by atoms with Crippen molar-refractivity contribution in [1.82, 2.24) is 4.90 Å². The molecular formula is C11H17NO3. The van der Waals surface area contributed by atoms with Gasteiger partial charge < -0.3 is 9.64 Å². The number of Topliss-reactive ketones (excluding diaryl/α,β-unsaturated/α-hetero) is 1. The molecule has 2 atom stereocenters. The van der Waals surface area contributed by atoms with E-state index in [4.69, 9.17) is 4.74 Å². The van der Waals surface area contributed by atoms with Crippen LogP contribution < -0.4 is 0 Å². The highest BCUT2D eigenvalue weighted by Gasteiger charge is 2.33. The number of carbonyl (C=O) groups excluding carboxylic acids is 2. The Bertz CT molecular complexity index is 271. The molecule has 84 valence electrons. The molecular weight excluding hydrogens is 194 g/mol. The van der Waals surface area contributed by atoms with Crippen LogP contribution in [0.4, 0.5) is 0 Å². The van der Waals surface area contributed by atoms with Gasteiger partial charge >= 0.3 is 0 Å². The average molecular weight is 211 g/mol. The zero-order chi connectivity index (χ0) is 10.8. The lowest BCUT2D eigenvalue weighted by molar-refractivity contribution is -0.142. The highest BCUT2D eigenvalue weighted by Crippen LogP contribution is 2.23. The van der Waals surface area contributed by atoms with Gasteiger partial charge in [0, 0.05) is 31.5 Å². The molecule has 2 aliphatic rings. The van der Waals surface area contributed by atoms with E-state index in [1.54, 1.807) is 0 Å². The van der Waals surface area contributed by atoms with Crippen molar-refractivity contribution in [2.24, 2.45) is 5.92 Å². The molecule has 0 N–H and O–H groups in total. The maximum atomic E-state index is 11.7. The molecule has 2 saturated heterocycles. The molecule has 1 amide bonds. The number of carbonyl (C=O) groups is 2. The molecule has 2 heterocycles. The Hall–Kier alpha value is -0.900. The van der Waals surface area contributed by atoms with Gasteiger partial charge in [-0.2, -0.15) is 0 Å². The van der Waals surface area contributed by atoms with E-state index in [0.29, 0.717) is 18.9 Å². The third-order valence-electron chi connectivity index (χ3n) is 3.44. The van der Waals surface area contributed by atoms with Crippen LogP contribution in [0.5, 0.6) is 0 Å². The van der Waals surface area contributed by atoms with E-state index in [1.165, 1.54) is 0 Å². The largest absolute Gasteiger partial charge is 0.381 e. The minimum absolute atomic E-state index is 0.00866. The van der Waals surface area contributed by atoms with Gasteiger partial charge in [-0.15, -0.1) is 0 Å². The predicted molar refractivity (Wildman–Crippen MR) is 54.3 cm³/mol. The van der Waals surface area contributed by atoms with Crippen molar-refractivity contribution in [3.63, 3.8) is 0 Å². The monoisotopic (exact) mass is 211 g/mol. The number of amides is 1. The summed E-state index contributed by atoms with van der Waals surface area (Å²) >= 11 is 0. The number of rotatable bonds is 2. The Kier molecular flexibility index (Phi) is 3.05. The van der Waals surface area contributed by atoms with Crippen LogP contribution >= 0.6 is 0 Å². The van der Waals surface area contributed by atoms with E-state index in [2.05, 4.69) is 6.92 Å². The van der Waals surface area contributed by atoms with Crippen molar-refractivity contribution in [3.05, 3.63) is 0 Å². The Morgan fingerprint density at radius 3 is 2.87 bits per heavy atom. The number of ether oxygens (including phenoxy) is 1. The summed E-state index contributed by atoms with van der Waals surface area (Å²) in [5.41, 5.74) is 0. The number of piperidine rings is 1. The topological polar surface area (TPSA) is 46.6 Å². The lowest BCUT2D eigenvalue weighted by Crippen LogP contribution is -2.47. The molecule has 2 unspecified atom stereocenters. The van der Waals surface area contributed by atoms with Gasteiger partial charge in [-0.05, 0) is 13.3 Å². The summed E-state index contributed by atoms with van der Waals surface area (Å²) in [6.45, 7) is 4.21. The van der Waals surface area contributed by atoms with Crippen LogP contribution in [0.25, 0.3) is 0 Å². The van der Waals surface area contributed by atoms with Gasteiger partial charge in [-0.3, -0.25) is 9.59 Å². The summed E-state index contributed by atoms with van der Waals surface area (Å²) in [5, 5.41) is 0. The van der Waals surface area contributed by atoms with Gasteiger partial charge in [0.25, 0.3) is 0 Å². The molecule has 0 aromatic rings. The zero-order valence-corrected chi connectivity index (χ0v) is 9.07. The Balaban J connectivity index is 1.97. The molecule has 0 aliphatic carbocycles. The van der Waals surface area contributed by atoms with E-state index in [1.807, 2.05) is 4.90 Å². The highest BCUT2D eigenvalue weighted by atomic mass is 16.5. The first kappa shape index (κ1) is 10.6. The van der Waals surface area contributed by atoms with Crippen molar-refractivity contribution in [2.75, 3.05) is 19.8 Å². The quantitative estimate of drug-likeness (QED) is 0.628. The van der Waals surface area contributed by atoms with Crippen LogP contribution in [-0.4, -0.2) is 42.4 Å². The molecule has 0 saturated carbocycles. The molecule has 0 radical (unpaired) electrons. The summed E-state index contributed by atoms with van der Waals surface area (Å²) in [4.78, 5) is 24.6. The summed E-state index contributed by atoms with van der Waals surface area (Å²) in [5.74, 6) is 0.513. The summed E-state index contributed by atoms with van der Waals surface area (Å²) in [7, 11) is 0. The molecule has 0 spiro atoms. The summed E-state index contributed by atoms with van der Waals surface area (Å²) < 4.78 is 5.32. The number of likely N-dealkylation sites (tertiary alicyclic amines) is 1. The minimum atomic E-state index is -0.00866. The van der Waals surface area contributed by atoms with Crippen molar-refractivity contribution in [1.29, 1.82) is 0 Å². The van der Waals surface area contributed by atoms with Gasteiger partial charge in [0.05, 0.1) is 13.0 Å². The maximum Gasteiger partial charge on any atom is 0.230 e. The summed E-state index contributed by atoms with van der Waals surface area (Å²) in [6, 6.07) is 0.216. The predicted octanol–water partition coefficient (Wildman–Crippen LogP) is 0.603. The van der Waals surface area contributed by atoms with E-state index < -0.39 is 0 Å². The van der Waals surface area contributed by atoms with Crippen molar-refractivity contribution in [2.45, 2.75) is 32.2 Å². The molecule has 2 fully saturated rings. The lowest BCUT2D eigenvalue weighted by Gasteiger charge is -2.34. The first-order chi connectivity index (χ1) is 7.18. The van der Waals surface area contributed by atoms with Crippen LogP contribution in [0.3, 0.4) is 0 Å². The number of nitrogens with zero attached hydrogens (tertiary/aromatic N) is 1. The SMILES string of the molecule is CC(C1CCOC1)N1CCC(=O)CC1=O. The van der Waals surface area contributed by atoms with Crippen LogP contribution in [0, 0.1) is 5.92 Å². The zero-order valence-electron chi connectivity index (χ0n) is 9.07. The van der Waals surface area contributed by atoms with Gasteiger partial charge in [0.15, 0.2) is 0 Å². The molecule has 15 heavy (non-hydrogen) atoms. The Morgan fingerprint density at radius 1 is 1.47 bits per heavy atom. The highest BCUT2D eigenvalue weighted by molar-refractivity contribution is 6.00. The fourth-order valence-electron chi connectivity index (χ4n) is 2.35. The van der Waals surface area contributed by atoms with Crippen molar-refractivity contribution < 1.29 is 14.3 Å². The van der Waals surface area contributed by atoms with Gasteiger partial charge in [0.1, 0.15) is 5.78 Å². The molecule has 4 heteroatoms. The molecule has 0 aromatic carbocycles. The first-order valence-electron chi connectivity index (χ1n) is 5.57. The van der Waals surface area contributed by atoms with Crippen LogP contribution in [0.15, 0.2) is 0 Å².